The van der Waals surface area contributed by atoms with E-state index in [-0.39, 0.29) is 0 Å². The van der Waals surface area contributed by atoms with E-state index in [1.807, 2.05) is 6.07 Å². The fourth-order valence-electron chi connectivity index (χ4n) is 1.63. The fourth-order valence-corrected chi connectivity index (χ4v) is 1.63. The van der Waals surface area contributed by atoms with Gasteiger partial charge < -0.3 is 15.4 Å². The molecule has 102 valence electrons. The van der Waals surface area contributed by atoms with Crippen LogP contribution in [-0.4, -0.2) is 37.1 Å². The second-order valence-corrected chi connectivity index (χ2v) is 5.10. The Morgan fingerprint density at radius 1 is 1.33 bits per heavy atom. The van der Waals surface area contributed by atoms with Gasteiger partial charge in [-0.2, -0.15) is 0 Å². The minimum absolute atomic E-state index is 0.389. The van der Waals surface area contributed by atoms with Crippen molar-refractivity contribution in [2.75, 3.05) is 27.2 Å². The molecule has 0 spiro atoms. The molecule has 18 heavy (non-hydrogen) atoms. The maximum absolute atomic E-state index is 5.70. The fraction of sp³-hybridized carbons (Fsp3) is 0.643. The van der Waals surface area contributed by atoms with Crippen molar-refractivity contribution in [3.05, 3.63) is 23.4 Å². The first-order valence-electron chi connectivity index (χ1n) is 6.51. The first-order chi connectivity index (χ1) is 8.52. The average molecular weight is 251 g/mol. The van der Waals surface area contributed by atoms with Crippen LogP contribution in [0.2, 0.25) is 0 Å². The van der Waals surface area contributed by atoms with E-state index in [1.54, 1.807) is 0 Å². The average Bonchev–Trinajstić information content (AvgIpc) is 2.34. The van der Waals surface area contributed by atoms with Gasteiger partial charge in [0.1, 0.15) is 0 Å². The van der Waals surface area contributed by atoms with E-state index in [4.69, 9.17) is 10.5 Å². The van der Waals surface area contributed by atoms with Crippen molar-refractivity contribution in [3.8, 4) is 5.88 Å². The van der Waals surface area contributed by atoms with E-state index in [1.165, 1.54) is 0 Å². The smallest absolute Gasteiger partial charge is 0.213 e. The number of hydrogen-bond acceptors (Lipinski definition) is 4. The van der Waals surface area contributed by atoms with Gasteiger partial charge in [0.25, 0.3) is 0 Å². The zero-order valence-corrected chi connectivity index (χ0v) is 11.9. The van der Waals surface area contributed by atoms with Gasteiger partial charge in [0.2, 0.25) is 5.88 Å². The molecule has 0 aliphatic carbocycles. The second-order valence-electron chi connectivity index (χ2n) is 5.10. The van der Waals surface area contributed by atoms with Crippen LogP contribution >= 0.6 is 0 Å². The lowest BCUT2D eigenvalue weighted by Gasteiger charge is -2.12. The lowest BCUT2D eigenvalue weighted by Crippen LogP contribution is -2.16. The maximum Gasteiger partial charge on any atom is 0.213 e. The monoisotopic (exact) mass is 251 g/mol. The molecule has 1 aromatic heterocycles. The summed E-state index contributed by atoms with van der Waals surface area (Å²) in [6.45, 7) is 6.48. The number of ether oxygens (including phenoxy) is 1. The highest BCUT2D eigenvalue weighted by atomic mass is 16.5. The van der Waals surface area contributed by atoms with Gasteiger partial charge in [0, 0.05) is 24.8 Å². The summed E-state index contributed by atoms with van der Waals surface area (Å²) in [5.74, 6) is 1.08. The summed E-state index contributed by atoms with van der Waals surface area (Å²) in [7, 11) is 4.12. The molecule has 0 amide bonds. The van der Waals surface area contributed by atoms with Crippen LogP contribution < -0.4 is 10.5 Å². The normalized spacial score (nSPS) is 11.3. The summed E-state index contributed by atoms with van der Waals surface area (Å²) in [5, 5.41) is 0. The molecule has 4 nitrogen and oxygen atoms in total. The Morgan fingerprint density at radius 2 is 2.06 bits per heavy atom. The summed E-state index contributed by atoms with van der Waals surface area (Å²) < 4.78 is 5.70. The van der Waals surface area contributed by atoms with E-state index in [2.05, 4.69) is 43.9 Å². The number of aromatic nitrogens is 1. The van der Waals surface area contributed by atoms with Crippen molar-refractivity contribution in [3.63, 3.8) is 0 Å². The molecule has 2 N–H and O–H groups in total. The summed E-state index contributed by atoms with van der Waals surface area (Å²) in [6.07, 6.45) is 0.999. The predicted octanol–water partition coefficient (Wildman–Crippen LogP) is 1.99. The molecule has 0 atom stereocenters. The Labute approximate surface area is 110 Å². The van der Waals surface area contributed by atoms with Gasteiger partial charge in [-0.25, -0.2) is 4.98 Å². The zero-order chi connectivity index (χ0) is 13.5. The molecule has 1 aromatic rings. The van der Waals surface area contributed by atoms with E-state index in [0.717, 1.165) is 24.2 Å². The molecule has 0 radical (unpaired) electrons. The quantitative estimate of drug-likeness (QED) is 0.753. The van der Waals surface area contributed by atoms with Crippen molar-refractivity contribution in [2.24, 2.45) is 5.73 Å². The Hall–Kier alpha value is -1.13. The van der Waals surface area contributed by atoms with Crippen molar-refractivity contribution in [1.82, 2.24) is 9.88 Å². The predicted molar refractivity (Wildman–Crippen MR) is 74.9 cm³/mol. The third-order valence-corrected chi connectivity index (χ3v) is 2.71. The molecule has 0 bridgehead atoms. The van der Waals surface area contributed by atoms with Gasteiger partial charge in [-0.3, -0.25) is 0 Å². The van der Waals surface area contributed by atoms with Crippen molar-refractivity contribution in [1.29, 1.82) is 0 Å². The van der Waals surface area contributed by atoms with Crippen molar-refractivity contribution in [2.45, 2.75) is 32.7 Å². The highest BCUT2D eigenvalue weighted by molar-refractivity contribution is 5.26. The van der Waals surface area contributed by atoms with Crippen LogP contribution in [0.5, 0.6) is 5.88 Å². The zero-order valence-electron chi connectivity index (χ0n) is 11.9. The molecular weight excluding hydrogens is 226 g/mol. The molecule has 0 saturated carbocycles. The van der Waals surface area contributed by atoms with Crippen molar-refractivity contribution >= 4 is 0 Å². The molecule has 1 rings (SSSR count). The first kappa shape index (κ1) is 14.9. The Kier molecular flexibility index (Phi) is 6.09. The summed E-state index contributed by atoms with van der Waals surface area (Å²) in [5.41, 5.74) is 7.81. The third kappa shape index (κ3) is 5.02. The standard InChI is InChI=1S/C14H25N3O/c1-11(2)13-8-12(10-15)9-14(16-13)18-7-5-6-17(3)4/h8-9,11H,5-7,10,15H2,1-4H3. The number of nitrogens with two attached hydrogens (primary N) is 1. The molecule has 1 heterocycles. The highest BCUT2D eigenvalue weighted by Crippen LogP contribution is 2.18. The largest absolute Gasteiger partial charge is 0.478 e. The van der Waals surface area contributed by atoms with Crippen LogP contribution in [0.3, 0.4) is 0 Å². The van der Waals surface area contributed by atoms with E-state index < -0.39 is 0 Å². The van der Waals surface area contributed by atoms with E-state index in [9.17, 15) is 0 Å². The molecule has 0 saturated heterocycles. The summed E-state index contributed by atoms with van der Waals surface area (Å²) >= 11 is 0. The molecule has 0 aliphatic rings. The van der Waals surface area contributed by atoms with Crippen molar-refractivity contribution < 1.29 is 4.74 Å². The van der Waals surface area contributed by atoms with Crippen LogP contribution in [0, 0.1) is 0 Å². The van der Waals surface area contributed by atoms with Gasteiger partial charge in [0.05, 0.1) is 6.61 Å². The molecule has 0 aromatic carbocycles. The topological polar surface area (TPSA) is 51.4 Å². The number of nitrogens with zero attached hydrogens (tertiary/aromatic N) is 2. The van der Waals surface area contributed by atoms with Crippen LogP contribution in [0.15, 0.2) is 12.1 Å². The molecule has 0 unspecified atom stereocenters. The number of pyridine rings is 1. The highest BCUT2D eigenvalue weighted by Gasteiger charge is 2.06. The van der Waals surface area contributed by atoms with Gasteiger partial charge in [-0.1, -0.05) is 13.8 Å². The molecule has 0 aliphatic heterocycles. The Bertz CT molecular complexity index is 364. The SMILES string of the molecule is CC(C)c1cc(CN)cc(OCCCN(C)C)n1. The minimum Gasteiger partial charge on any atom is -0.478 e. The lowest BCUT2D eigenvalue weighted by atomic mass is 10.1. The van der Waals surface area contributed by atoms with Crippen LogP contribution in [0.25, 0.3) is 0 Å². The molecule has 0 fully saturated rings. The van der Waals surface area contributed by atoms with E-state index >= 15 is 0 Å². The third-order valence-electron chi connectivity index (χ3n) is 2.71. The Morgan fingerprint density at radius 3 is 2.61 bits per heavy atom. The van der Waals surface area contributed by atoms with Crippen LogP contribution in [0.1, 0.15) is 37.4 Å². The minimum atomic E-state index is 0.389. The second kappa shape index (κ2) is 7.34. The molecular formula is C14H25N3O. The van der Waals surface area contributed by atoms with Gasteiger partial charge in [-0.05, 0) is 38.1 Å². The van der Waals surface area contributed by atoms with E-state index in [0.29, 0.717) is 24.9 Å². The first-order valence-corrected chi connectivity index (χ1v) is 6.51. The summed E-state index contributed by atoms with van der Waals surface area (Å²) in [6, 6.07) is 3.99. The Balaban J connectivity index is 2.61. The van der Waals surface area contributed by atoms with Gasteiger partial charge in [0.15, 0.2) is 0 Å². The maximum atomic E-state index is 5.70. The lowest BCUT2D eigenvalue weighted by molar-refractivity contribution is 0.272. The summed E-state index contributed by atoms with van der Waals surface area (Å²) in [4.78, 5) is 6.65. The van der Waals surface area contributed by atoms with Crippen LogP contribution in [-0.2, 0) is 6.54 Å². The van der Waals surface area contributed by atoms with Gasteiger partial charge >= 0.3 is 0 Å². The number of hydrogen-bond donors (Lipinski definition) is 1. The number of rotatable bonds is 7. The van der Waals surface area contributed by atoms with Crippen LogP contribution in [0.4, 0.5) is 0 Å². The molecule has 4 heteroatoms. The van der Waals surface area contributed by atoms with Gasteiger partial charge in [-0.15, -0.1) is 0 Å².